The second-order valence-electron chi connectivity index (χ2n) is 4.45. The predicted octanol–water partition coefficient (Wildman–Crippen LogP) is 3.66. The van der Waals surface area contributed by atoms with Crippen LogP contribution < -0.4 is 0 Å². The van der Waals surface area contributed by atoms with Gasteiger partial charge in [0.1, 0.15) is 0 Å². The van der Waals surface area contributed by atoms with Crippen LogP contribution in [-0.2, 0) is 8.85 Å². The lowest BCUT2D eigenvalue weighted by atomic mass is 10.2. The first-order chi connectivity index (χ1) is 7.04. The molecule has 0 saturated carbocycles. The fraction of sp³-hybridized carbons (Fsp3) is 0.833. The van der Waals surface area contributed by atoms with Crippen LogP contribution in [0.1, 0.15) is 40.0 Å². The highest BCUT2D eigenvalue weighted by atomic mass is 28.4. The van der Waals surface area contributed by atoms with Crippen LogP contribution in [-0.4, -0.2) is 21.8 Å². The molecule has 0 aliphatic heterocycles. The van der Waals surface area contributed by atoms with E-state index < -0.39 is 8.56 Å². The Kier molecular flexibility index (Phi) is 8.01. The highest BCUT2D eigenvalue weighted by Crippen LogP contribution is 2.11. The van der Waals surface area contributed by atoms with Gasteiger partial charge in [0.05, 0.1) is 0 Å². The number of hydrogen-bond donors (Lipinski definition) is 0. The summed E-state index contributed by atoms with van der Waals surface area (Å²) in [6, 6.07) is 0. The lowest BCUT2D eigenvalue weighted by molar-refractivity contribution is 0.174. The first kappa shape index (κ1) is 14.9. The molecule has 0 rings (SSSR count). The normalized spacial score (nSPS) is 15.3. The third-order valence-electron chi connectivity index (χ3n) is 2.34. The van der Waals surface area contributed by atoms with Gasteiger partial charge in [-0.1, -0.05) is 27.2 Å². The van der Waals surface area contributed by atoms with Crippen molar-refractivity contribution in [3.8, 4) is 0 Å². The maximum atomic E-state index is 5.83. The summed E-state index contributed by atoms with van der Waals surface area (Å²) in [5, 5.41) is 0. The molecule has 0 aromatic carbocycles. The van der Waals surface area contributed by atoms with Gasteiger partial charge in [0.15, 0.2) is 0 Å². The van der Waals surface area contributed by atoms with Crippen molar-refractivity contribution in [3.63, 3.8) is 0 Å². The van der Waals surface area contributed by atoms with Crippen molar-refractivity contribution in [1.82, 2.24) is 0 Å². The summed E-state index contributed by atoms with van der Waals surface area (Å²) in [7, 11) is -2.06. The Labute approximate surface area is 95.9 Å². The summed E-state index contributed by atoms with van der Waals surface area (Å²) in [6.07, 6.45) is 3.35. The van der Waals surface area contributed by atoms with E-state index in [1.165, 1.54) is 0 Å². The van der Waals surface area contributed by atoms with Crippen molar-refractivity contribution >= 4 is 8.56 Å². The van der Waals surface area contributed by atoms with Gasteiger partial charge in [-0.15, -0.1) is 6.58 Å². The number of rotatable bonds is 9. The van der Waals surface area contributed by atoms with Gasteiger partial charge in [-0.05, 0) is 31.0 Å². The van der Waals surface area contributed by atoms with Crippen LogP contribution in [0.3, 0.4) is 0 Å². The van der Waals surface area contributed by atoms with Crippen molar-refractivity contribution < 1.29 is 8.85 Å². The van der Waals surface area contributed by atoms with Gasteiger partial charge in [0, 0.05) is 13.2 Å². The molecule has 1 atom stereocenters. The van der Waals surface area contributed by atoms with Gasteiger partial charge in [0.2, 0.25) is 0 Å². The summed E-state index contributed by atoms with van der Waals surface area (Å²) in [5.41, 5.74) is 1.88. The van der Waals surface area contributed by atoms with Crippen molar-refractivity contribution in [2.75, 3.05) is 13.2 Å². The Morgan fingerprint density at radius 2 is 1.87 bits per heavy atom. The molecule has 15 heavy (non-hydrogen) atoms. The van der Waals surface area contributed by atoms with Crippen LogP contribution in [0.5, 0.6) is 0 Å². The van der Waals surface area contributed by atoms with Crippen molar-refractivity contribution in [2.24, 2.45) is 5.92 Å². The smallest absolute Gasteiger partial charge is 0.361 e. The highest BCUT2D eigenvalue weighted by molar-refractivity contribution is 6.71. The maximum absolute atomic E-state index is 5.83. The minimum Gasteiger partial charge on any atom is -0.391 e. The molecule has 2 nitrogen and oxygen atoms in total. The first-order valence-electron chi connectivity index (χ1n) is 5.95. The molecular formula is C12H26O2Si. The zero-order chi connectivity index (χ0) is 11.7. The Morgan fingerprint density at radius 3 is 2.33 bits per heavy atom. The zero-order valence-corrected chi connectivity index (χ0v) is 11.7. The van der Waals surface area contributed by atoms with Gasteiger partial charge in [0.25, 0.3) is 0 Å². The molecule has 0 N–H and O–H groups in total. The molecule has 0 fully saturated rings. The van der Waals surface area contributed by atoms with E-state index in [0.717, 1.165) is 32.5 Å². The third kappa shape index (κ3) is 7.77. The second kappa shape index (κ2) is 8.08. The van der Waals surface area contributed by atoms with Crippen molar-refractivity contribution in [3.05, 3.63) is 12.3 Å². The van der Waals surface area contributed by atoms with Gasteiger partial charge in [-0.25, -0.2) is 0 Å². The summed E-state index contributed by atoms with van der Waals surface area (Å²) >= 11 is 0. The average molecular weight is 230 g/mol. The standard InChI is InChI=1S/C12H26O2Si/c1-6-8-10-13-15(5,7-2)14-11-9-12(3)4/h7,12H,2,6,8-11H2,1,3-5H3. The van der Waals surface area contributed by atoms with Crippen LogP contribution >= 0.6 is 0 Å². The number of unbranched alkanes of at least 4 members (excludes halogenated alkanes) is 1. The van der Waals surface area contributed by atoms with E-state index in [9.17, 15) is 0 Å². The van der Waals surface area contributed by atoms with Crippen LogP contribution in [0, 0.1) is 5.92 Å². The first-order valence-corrected chi connectivity index (χ1v) is 8.35. The Balaban J connectivity index is 3.80. The Hall–Kier alpha value is -0.123. The lowest BCUT2D eigenvalue weighted by Gasteiger charge is -2.23. The molecule has 0 aliphatic rings. The van der Waals surface area contributed by atoms with E-state index in [-0.39, 0.29) is 0 Å². The zero-order valence-electron chi connectivity index (χ0n) is 10.7. The van der Waals surface area contributed by atoms with Crippen molar-refractivity contribution in [1.29, 1.82) is 0 Å². The van der Waals surface area contributed by atoms with Crippen molar-refractivity contribution in [2.45, 2.75) is 46.6 Å². The summed E-state index contributed by atoms with van der Waals surface area (Å²) in [4.78, 5) is 0. The third-order valence-corrected chi connectivity index (χ3v) is 4.64. The minimum absolute atomic E-state index is 0.684. The van der Waals surface area contributed by atoms with E-state index in [2.05, 4.69) is 33.9 Å². The molecule has 0 aliphatic carbocycles. The second-order valence-corrected chi connectivity index (χ2v) is 7.47. The fourth-order valence-electron chi connectivity index (χ4n) is 1.08. The largest absolute Gasteiger partial charge is 0.391 e. The SMILES string of the molecule is C=C[Si](C)(OCCCC)OCCC(C)C. The van der Waals surface area contributed by atoms with E-state index in [1.54, 1.807) is 0 Å². The van der Waals surface area contributed by atoms with Gasteiger partial charge < -0.3 is 8.85 Å². The quantitative estimate of drug-likeness (QED) is 0.444. The van der Waals surface area contributed by atoms with Crippen LogP contribution in [0.2, 0.25) is 6.55 Å². The molecule has 1 unspecified atom stereocenters. The maximum Gasteiger partial charge on any atom is 0.361 e. The van der Waals surface area contributed by atoms with E-state index in [1.807, 2.05) is 5.70 Å². The van der Waals surface area contributed by atoms with Gasteiger partial charge in [-0.3, -0.25) is 0 Å². The van der Waals surface area contributed by atoms with E-state index in [4.69, 9.17) is 8.85 Å². The minimum atomic E-state index is -2.06. The average Bonchev–Trinajstić information content (AvgIpc) is 2.18. The van der Waals surface area contributed by atoms with Crippen LogP contribution in [0.25, 0.3) is 0 Å². The summed E-state index contributed by atoms with van der Waals surface area (Å²) in [5.74, 6) is 0.684. The molecule has 0 aromatic rings. The summed E-state index contributed by atoms with van der Waals surface area (Å²) < 4.78 is 11.6. The fourth-order valence-corrected chi connectivity index (χ4v) is 2.47. The van der Waals surface area contributed by atoms with Crippen LogP contribution in [0.15, 0.2) is 12.3 Å². The molecule has 0 saturated heterocycles. The molecule has 0 aromatic heterocycles. The van der Waals surface area contributed by atoms with Gasteiger partial charge in [-0.2, -0.15) is 0 Å². The van der Waals surface area contributed by atoms with E-state index in [0.29, 0.717) is 5.92 Å². The molecule has 3 heteroatoms. The molecular weight excluding hydrogens is 204 g/mol. The summed E-state index contributed by atoms with van der Waals surface area (Å²) in [6.45, 7) is 14.0. The lowest BCUT2D eigenvalue weighted by Crippen LogP contribution is -2.37. The molecule has 0 amide bonds. The molecule has 90 valence electrons. The van der Waals surface area contributed by atoms with Crippen LogP contribution in [0.4, 0.5) is 0 Å². The monoisotopic (exact) mass is 230 g/mol. The predicted molar refractivity (Wildman–Crippen MR) is 68.1 cm³/mol. The Morgan fingerprint density at radius 1 is 1.27 bits per heavy atom. The Bertz CT molecular complexity index is 171. The molecule has 0 spiro atoms. The molecule has 0 heterocycles. The molecule has 0 radical (unpaired) electrons. The van der Waals surface area contributed by atoms with E-state index >= 15 is 0 Å². The number of hydrogen-bond acceptors (Lipinski definition) is 2. The molecule has 0 bridgehead atoms. The topological polar surface area (TPSA) is 18.5 Å². The highest BCUT2D eigenvalue weighted by Gasteiger charge is 2.27. The van der Waals surface area contributed by atoms with Gasteiger partial charge >= 0.3 is 8.56 Å².